The van der Waals surface area contributed by atoms with Crippen molar-refractivity contribution in [2.45, 2.75) is 6.92 Å². The minimum Gasteiger partial charge on any atom is -0.484 e. The molecule has 1 amide bonds. The number of carbonyl (C=O) groups excluding carboxylic acids is 1. The van der Waals surface area contributed by atoms with Crippen molar-refractivity contribution in [2.75, 3.05) is 19.7 Å². The van der Waals surface area contributed by atoms with Crippen molar-refractivity contribution >= 4 is 35.1 Å². The van der Waals surface area contributed by atoms with Crippen molar-refractivity contribution in [3.8, 4) is 5.75 Å². The molecule has 1 fully saturated rings. The smallest absolute Gasteiger partial charge is 0.308 e. The van der Waals surface area contributed by atoms with Crippen LogP contribution in [0.5, 0.6) is 5.75 Å². The van der Waals surface area contributed by atoms with E-state index in [-0.39, 0.29) is 25.0 Å². The van der Waals surface area contributed by atoms with Crippen molar-refractivity contribution in [2.24, 2.45) is 11.8 Å². The Hall–Kier alpha value is -1.46. The highest BCUT2D eigenvalue weighted by molar-refractivity contribution is 6.34. The second-order valence-corrected chi connectivity index (χ2v) is 5.99. The van der Waals surface area contributed by atoms with E-state index < -0.39 is 11.9 Å². The molecular weight excluding hydrogens is 317 g/mol. The molecule has 0 bridgehead atoms. The SMILES string of the molecule is C[C@@H]1CN(C(=O)COc2cc(Cl)cc(Cl)c2)C[C@H]1C(=O)O. The summed E-state index contributed by atoms with van der Waals surface area (Å²) in [6.07, 6.45) is 0. The number of likely N-dealkylation sites (tertiary alicyclic amines) is 1. The predicted octanol–water partition coefficient (Wildman–Crippen LogP) is 2.55. The van der Waals surface area contributed by atoms with Gasteiger partial charge in [0, 0.05) is 23.1 Å². The summed E-state index contributed by atoms with van der Waals surface area (Å²) < 4.78 is 5.37. The Morgan fingerprint density at radius 1 is 1.29 bits per heavy atom. The molecule has 1 aromatic rings. The highest BCUT2D eigenvalue weighted by Crippen LogP contribution is 2.25. The highest BCUT2D eigenvalue weighted by Gasteiger charge is 2.36. The molecule has 0 aliphatic carbocycles. The van der Waals surface area contributed by atoms with Gasteiger partial charge in [0.1, 0.15) is 5.75 Å². The number of halogens is 2. The van der Waals surface area contributed by atoms with Crippen molar-refractivity contribution in [3.05, 3.63) is 28.2 Å². The molecule has 1 aliphatic heterocycles. The average molecular weight is 332 g/mol. The van der Waals surface area contributed by atoms with Gasteiger partial charge in [0.2, 0.25) is 0 Å². The Morgan fingerprint density at radius 2 is 1.90 bits per heavy atom. The van der Waals surface area contributed by atoms with Gasteiger partial charge in [-0.1, -0.05) is 30.1 Å². The van der Waals surface area contributed by atoms with Crippen molar-refractivity contribution in [1.82, 2.24) is 4.90 Å². The Morgan fingerprint density at radius 3 is 2.43 bits per heavy atom. The molecule has 1 saturated heterocycles. The average Bonchev–Trinajstić information content (AvgIpc) is 2.77. The zero-order chi connectivity index (χ0) is 15.6. The lowest BCUT2D eigenvalue weighted by Gasteiger charge is -2.16. The van der Waals surface area contributed by atoms with Gasteiger partial charge in [-0.05, 0) is 24.1 Å². The molecule has 0 saturated carbocycles. The maximum atomic E-state index is 12.0. The van der Waals surface area contributed by atoms with Crippen LogP contribution in [0.1, 0.15) is 6.92 Å². The molecule has 1 aromatic carbocycles. The molecule has 7 heteroatoms. The van der Waals surface area contributed by atoms with Crippen LogP contribution in [0.2, 0.25) is 10.0 Å². The number of carboxylic acids is 1. The third kappa shape index (κ3) is 4.02. The Balaban J connectivity index is 1.92. The molecule has 0 aromatic heterocycles. The maximum absolute atomic E-state index is 12.0. The maximum Gasteiger partial charge on any atom is 0.308 e. The number of rotatable bonds is 4. The Labute approximate surface area is 132 Å². The van der Waals surface area contributed by atoms with Crippen molar-refractivity contribution < 1.29 is 19.4 Å². The Bertz CT molecular complexity index is 544. The lowest BCUT2D eigenvalue weighted by molar-refractivity contribution is -0.142. The van der Waals surface area contributed by atoms with Crippen LogP contribution < -0.4 is 4.74 Å². The van der Waals surface area contributed by atoms with Crippen molar-refractivity contribution in [1.29, 1.82) is 0 Å². The molecule has 0 radical (unpaired) electrons. The number of carbonyl (C=O) groups is 2. The van der Waals surface area contributed by atoms with Crippen LogP contribution in [0.25, 0.3) is 0 Å². The number of ether oxygens (including phenoxy) is 1. The summed E-state index contributed by atoms with van der Waals surface area (Å²) in [6.45, 7) is 2.30. The fraction of sp³-hybridized carbons (Fsp3) is 0.429. The van der Waals surface area contributed by atoms with Gasteiger partial charge in [-0.2, -0.15) is 0 Å². The molecule has 21 heavy (non-hydrogen) atoms. The van der Waals surface area contributed by atoms with Gasteiger partial charge in [0.25, 0.3) is 5.91 Å². The summed E-state index contributed by atoms with van der Waals surface area (Å²) >= 11 is 11.7. The van der Waals surface area contributed by atoms with E-state index in [1.54, 1.807) is 18.2 Å². The van der Waals surface area contributed by atoms with Gasteiger partial charge in [0.05, 0.1) is 5.92 Å². The van der Waals surface area contributed by atoms with Gasteiger partial charge >= 0.3 is 5.97 Å². The molecular formula is C14H15Cl2NO4. The highest BCUT2D eigenvalue weighted by atomic mass is 35.5. The zero-order valence-corrected chi connectivity index (χ0v) is 12.9. The molecule has 0 spiro atoms. The van der Waals surface area contributed by atoms with Gasteiger partial charge in [-0.15, -0.1) is 0 Å². The number of amides is 1. The molecule has 1 N–H and O–H groups in total. The first kappa shape index (κ1) is 15.9. The van der Waals surface area contributed by atoms with Crippen LogP contribution in [0.15, 0.2) is 18.2 Å². The lowest BCUT2D eigenvalue weighted by Crippen LogP contribution is -2.33. The topological polar surface area (TPSA) is 66.8 Å². The molecule has 2 rings (SSSR count). The van der Waals surface area contributed by atoms with Crippen LogP contribution >= 0.6 is 23.2 Å². The standard InChI is InChI=1S/C14H15Cl2NO4/c1-8-5-17(6-12(8)14(19)20)13(18)7-21-11-3-9(15)2-10(16)4-11/h2-4,8,12H,5-7H2,1H3,(H,19,20)/t8-,12-/m1/s1. The van der Waals surface area contributed by atoms with E-state index in [1.165, 1.54) is 4.90 Å². The molecule has 2 atom stereocenters. The van der Waals surface area contributed by atoms with Gasteiger partial charge < -0.3 is 14.7 Å². The van der Waals surface area contributed by atoms with E-state index in [0.717, 1.165) is 0 Å². The third-order valence-electron chi connectivity index (χ3n) is 3.48. The first-order valence-electron chi connectivity index (χ1n) is 6.46. The number of hydrogen-bond acceptors (Lipinski definition) is 3. The quantitative estimate of drug-likeness (QED) is 0.920. The first-order chi connectivity index (χ1) is 9.86. The van der Waals surface area contributed by atoms with Gasteiger partial charge in [0.15, 0.2) is 6.61 Å². The molecule has 0 unspecified atom stereocenters. The number of benzene rings is 1. The molecule has 1 heterocycles. The van der Waals surface area contributed by atoms with E-state index >= 15 is 0 Å². The summed E-state index contributed by atoms with van der Waals surface area (Å²) in [4.78, 5) is 24.6. The van der Waals surface area contributed by atoms with E-state index in [2.05, 4.69) is 0 Å². The van der Waals surface area contributed by atoms with E-state index in [0.29, 0.717) is 22.3 Å². The summed E-state index contributed by atoms with van der Waals surface area (Å²) in [6, 6.07) is 4.69. The molecule has 5 nitrogen and oxygen atoms in total. The zero-order valence-electron chi connectivity index (χ0n) is 11.4. The number of carboxylic acid groups (broad SMARTS) is 1. The summed E-state index contributed by atoms with van der Waals surface area (Å²) in [7, 11) is 0. The molecule has 1 aliphatic rings. The predicted molar refractivity (Wildman–Crippen MR) is 78.8 cm³/mol. The molecule has 114 valence electrons. The van der Waals surface area contributed by atoms with Crippen LogP contribution in [0.4, 0.5) is 0 Å². The van der Waals surface area contributed by atoms with E-state index in [4.69, 9.17) is 33.0 Å². The largest absolute Gasteiger partial charge is 0.484 e. The van der Waals surface area contributed by atoms with Crippen LogP contribution in [-0.4, -0.2) is 41.6 Å². The van der Waals surface area contributed by atoms with Crippen molar-refractivity contribution in [3.63, 3.8) is 0 Å². The summed E-state index contributed by atoms with van der Waals surface area (Å²) in [5.41, 5.74) is 0. The number of nitrogens with zero attached hydrogens (tertiary/aromatic N) is 1. The minimum absolute atomic E-state index is 0.0629. The normalized spacial score (nSPS) is 21.4. The summed E-state index contributed by atoms with van der Waals surface area (Å²) in [5, 5.41) is 9.90. The van der Waals surface area contributed by atoms with Gasteiger partial charge in [-0.3, -0.25) is 9.59 Å². The third-order valence-corrected chi connectivity index (χ3v) is 3.92. The van der Waals surface area contributed by atoms with Gasteiger partial charge in [-0.25, -0.2) is 0 Å². The fourth-order valence-corrected chi connectivity index (χ4v) is 2.85. The monoisotopic (exact) mass is 331 g/mol. The fourth-order valence-electron chi connectivity index (χ4n) is 2.34. The number of aliphatic carboxylic acids is 1. The van der Waals surface area contributed by atoms with E-state index in [1.807, 2.05) is 6.92 Å². The minimum atomic E-state index is -0.875. The first-order valence-corrected chi connectivity index (χ1v) is 7.22. The summed E-state index contributed by atoms with van der Waals surface area (Å²) in [5.74, 6) is -1.30. The number of hydrogen-bond donors (Lipinski definition) is 1. The lowest BCUT2D eigenvalue weighted by atomic mass is 9.99. The second-order valence-electron chi connectivity index (χ2n) is 5.11. The Kier molecular flexibility index (Phi) is 4.96. The van der Waals surface area contributed by atoms with Crippen LogP contribution in [0, 0.1) is 11.8 Å². The van der Waals surface area contributed by atoms with E-state index in [9.17, 15) is 9.59 Å². The van der Waals surface area contributed by atoms with Crippen LogP contribution in [-0.2, 0) is 9.59 Å². The second kappa shape index (κ2) is 6.54. The van der Waals surface area contributed by atoms with Crippen LogP contribution in [0.3, 0.4) is 0 Å².